The van der Waals surface area contributed by atoms with Crippen molar-refractivity contribution < 1.29 is 9.53 Å². The number of amides is 1. The maximum atomic E-state index is 12.6. The van der Waals surface area contributed by atoms with Gasteiger partial charge >= 0.3 is 0 Å². The van der Waals surface area contributed by atoms with Gasteiger partial charge in [-0.15, -0.1) is 0 Å². The molecule has 0 saturated carbocycles. The number of ether oxygens (including phenoxy) is 1. The van der Waals surface area contributed by atoms with Crippen molar-refractivity contribution in [1.82, 2.24) is 4.90 Å². The van der Waals surface area contributed by atoms with E-state index in [0.717, 1.165) is 37.5 Å². The molecule has 0 aliphatic carbocycles. The minimum atomic E-state index is 0.0442. The van der Waals surface area contributed by atoms with Gasteiger partial charge in [0.2, 0.25) is 0 Å². The van der Waals surface area contributed by atoms with Crippen molar-refractivity contribution in [1.29, 1.82) is 0 Å². The Labute approximate surface area is 178 Å². The van der Waals surface area contributed by atoms with Crippen LogP contribution in [0.5, 0.6) is 5.75 Å². The zero-order chi connectivity index (χ0) is 20.9. The van der Waals surface area contributed by atoms with Gasteiger partial charge in [0.05, 0.1) is 0 Å². The Morgan fingerprint density at radius 1 is 0.800 bits per heavy atom. The van der Waals surface area contributed by atoms with Gasteiger partial charge in [-0.2, -0.15) is 0 Å². The van der Waals surface area contributed by atoms with E-state index in [1.807, 2.05) is 47.4 Å². The summed E-state index contributed by atoms with van der Waals surface area (Å²) in [6, 6.07) is 24.5. The number of anilines is 1. The van der Waals surface area contributed by atoms with Crippen LogP contribution >= 0.6 is 0 Å². The van der Waals surface area contributed by atoms with Crippen molar-refractivity contribution in [2.45, 2.75) is 13.8 Å². The van der Waals surface area contributed by atoms with Gasteiger partial charge in [-0.3, -0.25) is 4.79 Å². The van der Waals surface area contributed by atoms with E-state index >= 15 is 0 Å². The van der Waals surface area contributed by atoms with Crippen LogP contribution in [0.15, 0.2) is 72.8 Å². The summed E-state index contributed by atoms with van der Waals surface area (Å²) in [5.41, 5.74) is 6.20. The number of hydrogen-bond acceptors (Lipinski definition) is 3. The first-order valence-corrected chi connectivity index (χ1v) is 10.5. The molecule has 1 aliphatic rings. The highest BCUT2D eigenvalue weighted by atomic mass is 16.5. The molecule has 1 fully saturated rings. The number of aryl methyl sites for hydroxylation is 1. The molecule has 1 heterocycles. The van der Waals surface area contributed by atoms with E-state index in [1.54, 1.807) is 0 Å². The highest BCUT2D eigenvalue weighted by molar-refractivity contribution is 5.78. The van der Waals surface area contributed by atoms with Crippen LogP contribution in [0.4, 0.5) is 5.69 Å². The molecular weight excluding hydrogens is 372 g/mol. The van der Waals surface area contributed by atoms with Crippen molar-refractivity contribution >= 4 is 11.6 Å². The summed E-state index contributed by atoms with van der Waals surface area (Å²) in [5.74, 6) is 0.764. The van der Waals surface area contributed by atoms with Crippen molar-refractivity contribution in [3.63, 3.8) is 0 Å². The molecule has 0 N–H and O–H groups in total. The van der Waals surface area contributed by atoms with Crippen LogP contribution < -0.4 is 9.64 Å². The molecule has 1 aliphatic heterocycles. The second-order valence-corrected chi connectivity index (χ2v) is 7.77. The number of piperazine rings is 1. The van der Waals surface area contributed by atoms with Gasteiger partial charge in [0, 0.05) is 31.9 Å². The third kappa shape index (κ3) is 4.48. The number of benzene rings is 3. The largest absolute Gasteiger partial charge is 0.484 e. The fourth-order valence-electron chi connectivity index (χ4n) is 3.89. The first-order valence-electron chi connectivity index (χ1n) is 10.5. The summed E-state index contributed by atoms with van der Waals surface area (Å²) < 4.78 is 5.75. The molecule has 0 bridgehead atoms. The summed E-state index contributed by atoms with van der Waals surface area (Å²) >= 11 is 0. The summed E-state index contributed by atoms with van der Waals surface area (Å²) in [6.07, 6.45) is 0. The van der Waals surface area contributed by atoms with Gasteiger partial charge in [0.25, 0.3) is 5.91 Å². The lowest BCUT2D eigenvalue weighted by Gasteiger charge is -2.37. The van der Waals surface area contributed by atoms with Crippen molar-refractivity contribution in [3.8, 4) is 16.9 Å². The monoisotopic (exact) mass is 400 g/mol. The molecule has 4 nitrogen and oxygen atoms in total. The van der Waals surface area contributed by atoms with Crippen molar-refractivity contribution in [3.05, 3.63) is 83.9 Å². The quantitative estimate of drug-likeness (QED) is 0.622. The van der Waals surface area contributed by atoms with Crippen LogP contribution in [0.1, 0.15) is 11.1 Å². The Morgan fingerprint density at radius 2 is 1.47 bits per heavy atom. The van der Waals surface area contributed by atoms with E-state index in [2.05, 4.69) is 49.1 Å². The van der Waals surface area contributed by atoms with Gasteiger partial charge < -0.3 is 14.5 Å². The molecule has 3 aromatic carbocycles. The highest BCUT2D eigenvalue weighted by Gasteiger charge is 2.22. The van der Waals surface area contributed by atoms with E-state index < -0.39 is 0 Å². The predicted octanol–water partition coefficient (Wildman–Crippen LogP) is 4.70. The molecule has 0 radical (unpaired) electrons. The van der Waals surface area contributed by atoms with Crippen LogP contribution in [0, 0.1) is 13.8 Å². The lowest BCUT2D eigenvalue weighted by atomic mass is 10.1. The predicted molar refractivity (Wildman–Crippen MR) is 122 cm³/mol. The maximum absolute atomic E-state index is 12.6. The Hall–Kier alpha value is -3.27. The van der Waals surface area contributed by atoms with Crippen LogP contribution in [0.3, 0.4) is 0 Å². The van der Waals surface area contributed by atoms with Gasteiger partial charge in [0.15, 0.2) is 6.61 Å². The molecular formula is C26H28N2O2. The third-order valence-electron chi connectivity index (χ3n) is 5.87. The fourth-order valence-corrected chi connectivity index (χ4v) is 3.89. The molecule has 1 saturated heterocycles. The molecule has 0 aromatic heterocycles. The van der Waals surface area contributed by atoms with E-state index in [-0.39, 0.29) is 12.5 Å². The molecule has 0 spiro atoms. The van der Waals surface area contributed by atoms with E-state index in [4.69, 9.17) is 4.74 Å². The molecule has 0 unspecified atom stereocenters. The lowest BCUT2D eigenvalue weighted by molar-refractivity contribution is -0.133. The topological polar surface area (TPSA) is 32.8 Å². The number of carbonyl (C=O) groups is 1. The first-order chi connectivity index (χ1) is 14.6. The Kier molecular flexibility index (Phi) is 6.03. The number of carbonyl (C=O) groups excluding carboxylic acids is 1. The highest BCUT2D eigenvalue weighted by Crippen LogP contribution is 2.24. The van der Waals surface area contributed by atoms with E-state index in [0.29, 0.717) is 0 Å². The lowest BCUT2D eigenvalue weighted by Crippen LogP contribution is -2.50. The SMILES string of the molecule is Cc1cccc(N2CCN(C(=O)COc3ccc(-c4ccccc4)cc3)CC2)c1C. The van der Waals surface area contributed by atoms with Crippen LogP contribution in [-0.2, 0) is 4.79 Å². The Morgan fingerprint density at radius 3 is 2.17 bits per heavy atom. The molecule has 0 atom stereocenters. The third-order valence-corrected chi connectivity index (χ3v) is 5.87. The average Bonchev–Trinajstić information content (AvgIpc) is 2.80. The molecule has 4 rings (SSSR count). The van der Waals surface area contributed by atoms with Gasteiger partial charge in [0.1, 0.15) is 5.75 Å². The summed E-state index contributed by atoms with van der Waals surface area (Å²) in [6.45, 7) is 7.53. The van der Waals surface area contributed by atoms with Crippen LogP contribution in [0.25, 0.3) is 11.1 Å². The molecule has 154 valence electrons. The van der Waals surface area contributed by atoms with Gasteiger partial charge in [-0.05, 0) is 54.3 Å². The van der Waals surface area contributed by atoms with Gasteiger partial charge in [-0.25, -0.2) is 0 Å². The Bertz CT molecular complexity index is 991. The summed E-state index contributed by atoms with van der Waals surface area (Å²) in [4.78, 5) is 16.9. The normalized spacial score (nSPS) is 13.9. The smallest absolute Gasteiger partial charge is 0.260 e. The molecule has 4 heteroatoms. The number of nitrogens with zero attached hydrogens (tertiary/aromatic N) is 2. The minimum absolute atomic E-state index is 0.0442. The summed E-state index contributed by atoms with van der Waals surface area (Å²) in [7, 11) is 0. The average molecular weight is 401 g/mol. The molecule has 30 heavy (non-hydrogen) atoms. The Balaban J connectivity index is 1.28. The second-order valence-electron chi connectivity index (χ2n) is 7.77. The van der Waals surface area contributed by atoms with Crippen molar-refractivity contribution in [2.75, 3.05) is 37.7 Å². The number of hydrogen-bond donors (Lipinski definition) is 0. The fraction of sp³-hybridized carbons (Fsp3) is 0.269. The summed E-state index contributed by atoms with van der Waals surface area (Å²) in [5, 5.41) is 0. The van der Waals surface area contributed by atoms with E-state index in [9.17, 15) is 4.79 Å². The van der Waals surface area contributed by atoms with E-state index in [1.165, 1.54) is 22.4 Å². The van der Waals surface area contributed by atoms with Crippen LogP contribution in [0.2, 0.25) is 0 Å². The van der Waals surface area contributed by atoms with Gasteiger partial charge in [-0.1, -0.05) is 54.6 Å². The number of rotatable bonds is 5. The maximum Gasteiger partial charge on any atom is 0.260 e. The molecule has 1 amide bonds. The van der Waals surface area contributed by atoms with Crippen LogP contribution in [-0.4, -0.2) is 43.6 Å². The zero-order valence-corrected chi connectivity index (χ0v) is 17.7. The second kappa shape index (κ2) is 9.04. The zero-order valence-electron chi connectivity index (χ0n) is 17.7. The first kappa shape index (κ1) is 20.0. The molecule has 3 aromatic rings. The minimum Gasteiger partial charge on any atom is -0.484 e. The standard InChI is InChI=1S/C26H28N2O2/c1-20-7-6-10-25(21(20)2)27-15-17-28(18-16-27)26(29)19-30-24-13-11-23(12-14-24)22-8-4-3-5-9-22/h3-14H,15-19H2,1-2H3. The van der Waals surface area contributed by atoms with Crippen molar-refractivity contribution in [2.24, 2.45) is 0 Å².